The van der Waals surface area contributed by atoms with Crippen molar-refractivity contribution in [1.29, 1.82) is 0 Å². The minimum Gasteiger partial charge on any atom is -0.493 e. The Bertz CT molecular complexity index is 903. The van der Waals surface area contributed by atoms with Crippen LogP contribution >= 0.6 is 0 Å². The van der Waals surface area contributed by atoms with Crippen molar-refractivity contribution in [2.45, 2.75) is 6.92 Å². The summed E-state index contributed by atoms with van der Waals surface area (Å²) < 4.78 is 21.3. The molecular weight excluding hydrogens is 334 g/mol. The number of oxazole rings is 1. The van der Waals surface area contributed by atoms with E-state index in [1.807, 2.05) is 31.2 Å². The van der Waals surface area contributed by atoms with Crippen LogP contribution in [0.3, 0.4) is 0 Å². The molecule has 3 aromatic rings. The predicted octanol–water partition coefficient (Wildman–Crippen LogP) is 3.91. The number of rotatable bonds is 6. The highest BCUT2D eigenvalue weighted by Crippen LogP contribution is 2.38. The molecule has 0 N–H and O–H groups in total. The molecule has 0 amide bonds. The number of carbonyl (C=O) groups is 1. The zero-order chi connectivity index (χ0) is 18.7. The third kappa shape index (κ3) is 3.26. The molecule has 1 heterocycles. The molecule has 0 radical (unpaired) electrons. The highest BCUT2D eigenvalue weighted by atomic mass is 16.5. The first-order valence-electron chi connectivity index (χ1n) is 7.94. The van der Waals surface area contributed by atoms with Crippen molar-refractivity contribution >= 4 is 5.78 Å². The lowest BCUT2D eigenvalue weighted by Gasteiger charge is -2.13. The van der Waals surface area contributed by atoms with Crippen molar-refractivity contribution in [2.75, 3.05) is 21.3 Å². The van der Waals surface area contributed by atoms with Crippen LogP contribution in [0.15, 0.2) is 47.1 Å². The summed E-state index contributed by atoms with van der Waals surface area (Å²) in [4.78, 5) is 17.1. The molecule has 0 spiro atoms. The van der Waals surface area contributed by atoms with Gasteiger partial charge in [0.2, 0.25) is 17.4 Å². The van der Waals surface area contributed by atoms with E-state index in [4.69, 9.17) is 18.6 Å². The number of ether oxygens (including phenoxy) is 3. The van der Waals surface area contributed by atoms with Crippen LogP contribution in [0.5, 0.6) is 17.2 Å². The van der Waals surface area contributed by atoms with Crippen LogP contribution in [-0.2, 0) is 0 Å². The van der Waals surface area contributed by atoms with E-state index in [1.165, 1.54) is 27.6 Å². The van der Waals surface area contributed by atoms with Crippen molar-refractivity contribution in [3.63, 3.8) is 0 Å². The number of hydrogen-bond acceptors (Lipinski definition) is 6. The second kappa shape index (κ2) is 7.31. The summed E-state index contributed by atoms with van der Waals surface area (Å²) in [6.07, 6.45) is 1.35. The summed E-state index contributed by atoms with van der Waals surface area (Å²) in [6.45, 7) is 2.00. The van der Waals surface area contributed by atoms with Gasteiger partial charge < -0.3 is 18.6 Å². The molecule has 0 fully saturated rings. The largest absolute Gasteiger partial charge is 0.493 e. The zero-order valence-electron chi connectivity index (χ0n) is 15.0. The highest BCUT2D eigenvalue weighted by molar-refractivity contribution is 6.08. The van der Waals surface area contributed by atoms with Crippen LogP contribution in [-0.4, -0.2) is 32.1 Å². The number of hydrogen-bond donors (Lipinski definition) is 0. The molecule has 134 valence electrons. The number of methoxy groups -OCH3 is 3. The fourth-order valence-electron chi connectivity index (χ4n) is 2.57. The van der Waals surface area contributed by atoms with Crippen molar-refractivity contribution in [3.8, 4) is 28.7 Å². The molecule has 1 aromatic heterocycles. The summed E-state index contributed by atoms with van der Waals surface area (Å²) in [5.74, 6) is 1.31. The Morgan fingerprint density at radius 2 is 1.58 bits per heavy atom. The van der Waals surface area contributed by atoms with Gasteiger partial charge in [-0.1, -0.05) is 17.7 Å². The van der Waals surface area contributed by atoms with Gasteiger partial charge in [-0.05, 0) is 31.2 Å². The molecule has 0 unspecified atom stereocenters. The number of nitrogens with zero attached hydrogens (tertiary/aromatic N) is 1. The smallest absolute Gasteiger partial charge is 0.226 e. The predicted molar refractivity (Wildman–Crippen MR) is 96.2 cm³/mol. The maximum atomic E-state index is 12.8. The molecular formula is C20H19NO5. The fraction of sp³-hybridized carbons (Fsp3) is 0.200. The standard InChI is InChI=1S/C20H19NO5/c1-12-5-7-13(8-6-12)20-21-15(11-26-20)18(22)14-9-16(23-2)19(25-4)17(10-14)24-3/h5-11H,1-4H3. The number of carbonyl (C=O) groups excluding carboxylic acids is 1. The third-order valence-electron chi connectivity index (χ3n) is 3.96. The molecule has 0 aliphatic carbocycles. The average molecular weight is 353 g/mol. The topological polar surface area (TPSA) is 70.8 Å². The molecule has 0 aliphatic heterocycles. The van der Waals surface area contributed by atoms with Gasteiger partial charge in [0.1, 0.15) is 6.26 Å². The van der Waals surface area contributed by atoms with Crippen LogP contribution in [0, 0.1) is 6.92 Å². The van der Waals surface area contributed by atoms with Gasteiger partial charge in [-0.3, -0.25) is 4.79 Å². The maximum Gasteiger partial charge on any atom is 0.226 e. The summed E-state index contributed by atoms with van der Waals surface area (Å²) in [5, 5.41) is 0. The number of ketones is 1. The van der Waals surface area contributed by atoms with Crippen LogP contribution in [0.1, 0.15) is 21.6 Å². The molecule has 0 aliphatic rings. The van der Waals surface area contributed by atoms with Gasteiger partial charge >= 0.3 is 0 Å². The second-order valence-electron chi connectivity index (χ2n) is 5.65. The van der Waals surface area contributed by atoms with Crippen molar-refractivity contribution < 1.29 is 23.4 Å². The molecule has 0 saturated heterocycles. The average Bonchev–Trinajstić information content (AvgIpc) is 3.16. The Morgan fingerprint density at radius 1 is 0.962 bits per heavy atom. The minimum atomic E-state index is -0.300. The van der Waals surface area contributed by atoms with Gasteiger partial charge in [-0.15, -0.1) is 0 Å². The van der Waals surface area contributed by atoms with Crippen molar-refractivity contribution in [3.05, 3.63) is 59.5 Å². The Kier molecular flexibility index (Phi) is 4.93. The molecule has 3 rings (SSSR count). The molecule has 6 heteroatoms. The molecule has 0 atom stereocenters. The van der Waals surface area contributed by atoms with E-state index < -0.39 is 0 Å². The lowest BCUT2D eigenvalue weighted by atomic mass is 10.1. The van der Waals surface area contributed by atoms with E-state index in [2.05, 4.69) is 4.98 Å². The molecule has 6 nitrogen and oxygen atoms in total. The van der Waals surface area contributed by atoms with E-state index in [0.717, 1.165) is 11.1 Å². The Balaban J connectivity index is 1.96. The number of aromatic nitrogens is 1. The SMILES string of the molecule is COc1cc(C(=O)c2coc(-c3ccc(C)cc3)n2)cc(OC)c1OC. The second-order valence-corrected chi connectivity index (χ2v) is 5.65. The van der Waals surface area contributed by atoms with Gasteiger partial charge in [-0.25, -0.2) is 4.98 Å². The lowest BCUT2D eigenvalue weighted by molar-refractivity contribution is 0.103. The van der Waals surface area contributed by atoms with E-state index in [9.17, 15) is 4.79 Å². The van der Waals surface area contributed by atoms with E-state index in [-0.39, 0.29) is 11.5 Å². The first-order chi connectivity index (χ1) is 12.6. The summed E-state index contributed by atoms with van der Waals surface area (Å²) >= 11 is 0. The van der Waals surface area contributed by atoms with Crippen LogP contribution in [0.25, 0.3) is 11.5 Å². The van der Waals surface area contributed by atoms with Crippen LogP contribution < -0.4 is 14.2 Å². The normalized spacial score (nSPS) is 10.5. The van der Waals surface area contributed by atoms with Gasteiger partial charge in [0, 0.05) is 11.1 Å². The fourth-order valence-corrected chi connectivity index (χ4v) is 2.57. The van der Waals surface area contributed by atoms with E-state index in [0.29, 0.717) is 28.7 Å². The molecule has 2 aromatic carbocycles. The first kappa shape index (κ1) is 17.5. The van der Waals surface area contributed by atoms with Crippen molar-refractivity contribution in [2.24, 2.45) is 0 Å². The van der Waals surface area contributed by atoms with Gasteiger partial charge in [0.15, 0.2) is 17.2 Å². The van der Waals surface area contributed by atoms with Crippen LogP contribution in [0.2, 0.25) is 0 Å². The Labute approximate surface area is 151 Å². The third-order valence-corrected chi connectivity index (χ3v) is 3.96. The minimum absolute atomic E-state index is 0.204. The summed E-state index contributed by atoms with van der Waals surface area (Å²) in [7, 11) is 4.50. The first-order valence-corrected chi connectivity index (χ1v) is 7.94. The molecule has 0 saturated carbocycles. The summed E-state index contributed by atoms with van der Waals surface area (Å²) in [5.41, 5.74) is 2.51. The van der Waals surface area contributed by atoms with E-state index in [1.54, 1.807) is 12.1 Å². The van der Waals surface area contributed by atoms with E-state index >= 15 is 0 Å². The lowest BCUT2D eigenvalue weighted by Crippen LogP contribution is -2.04. The monoisotopic (exact) mass is 353 g/mol. The summed E-state index contributed by atoms with van der Waals surface area (Å²) in [6, 6.07) is 10.9. The number of aryl methyl sites for hydroxylation is 1. The van der Waals surface area contributed by atoms with Gasteiger partial charge in [-0.2, -0.15) is 0 Å². The number of benzene rings is 2. The Hall–Kier alpha value is -3.28. The Morgan fingerprint density at radius 3 is 2.12 bits per heavy atom. The molecule has 26 heavy (non-hydrogen) atoms. The van der Waals surface area contributed by atoms with Crippen LogP contribution in [0.4, 0.5) is 0 Å². The van der Waals surface area contributed by atoms with Gasteiger partial charge in [0.25, 0.3) is 0 Å². The van der Waals surface area contributed by atoms with Crippen molar-refractivity contribution in [1.82, 2.24) is 4.98 Å². The van der Waals surface area contributed by atoms with Gasteiger partial charge in [0.05, 0.1) is 21.3 Å². The highest BCUT2D eigenvalue weighted by Gasteiger charge is 2.20. The maximum absolute atomic E-state index is 12.8. The quantitative estimate of drug-likeness (QED) is 0.626. The zero-order valence-corrected chi connectivity index (χ0v) is 15.0. The molecule has 0 bridgehead atoms.